The molecule has 0 bridgehead atoms. The molecule has 1 fully saturated rings. The molecule has 0 aliphatic carbocycles. The van der Waals surface area contributed by atoms with Crippen molar-refractivity contribution < 1.29 is 24.0 Å². The van der Waals surface area contributed by atoms with Crippen LogP contribution in [0.25, 0.3) is 0 Å². The van der Waals surface area contributed by atoms with Gasteiger partial charge in [-0.1, -0.05) is 5.16 Å². The van der Waals surface area contributed by atoms with Crippen LogP contribution in [0.2, 0.25) is 0 Å². The summed E-state index contributed by atoms with van der Waals surface area (Å²) in [6, 6.07) is -0.770. The summed E-state index contributed by atoms with van der Waals surface area (Å²) in [5, 5.41) is 7.82. The number of hydrogen-bond donors (Lipinski definition) is 2. The van der Waals surface area contributed by atoms with Crippen LogP contribution in [-0.2, 0) is 24.0 Å². The Bertz CT molecular complexity index is 879. The van der Waals surface area contributed by atoms with Crippen LogP contribution in [0.4, 0.5) is 5.13 Å². The highest BCUT2D eigenvalue weighted by Crippen LogP contribution is 2.42. The number of thiazole rings is 1. The predicted molar refractivity (Wildman–Crippen MR) is 93.1 cm³/mol. The van der Waals surface area contributed by atoms with Crippen LogP contribution in [0.15, 0.2) is 21.8 Å². The Hall–Kier alpha value is -2.60. The molecule has 3 aliphatic rings. The lowest BCUT2D eigenvalue weighted by atomic mass is 10.0. The van der Waals surface area contributed by atoms with Crippen molar-refractivity contribution in [2.24, 2.45) is 5.16 Å². The molecule has 0 unspecified atom stereocenters. The van der Waals surface area contributed by atoms with E-state index in [9.17, 15) is 14.4 Å². The first kappa shape index (κ1) is 16.8. The number of β-lactam (4-membered cyclic amide) rings is 1. The van der Waals surface area contributed by atoms with Gasteiger partial charge in [0.05, 0.1) is 0 Å². The first-order valence-electron chi connectivity index (χ1n) is 7.48. The van der Waals surface area contributed by atoms with E-state index in [1.807, 2.05) is 0 Å². The Balaban J connectivity index is 1.51. The number of nitrogens with two attached hydrogens (primary N) is 1. The van der Waals surface area contributed by atoms with Gasteiger partial charge >= 0.3 is 5.97 Å². The average Bonchev–Trinajstić information content (AvgIpc) is 3.22. The molecular weight excluding hydrogens is 382 g/mol. The Labute approximate surface area is 155 Å². The lowest BCUT2D eigenvalue weighted by Crippen LogP contribution is -2.70. The zero-order chi connectivity index (χ0) is 18.4. The molecule has 0 radical (unpaired) electrons. The molecule has 136 valence electrons. The minimum Gasteiger partial charge on any atom is -0.456 e. The van der Waals surface area contributed by atoms with Crippen molar-refractivity contribution >= 4 is 51.7 Å². The minimum absolute atomic E-state index is 0.0762. The molecule has 12 heteroatoms. The zero-order valence-corrected chi connectivity index (χ0v) is 15.1. The fraction of sp³-hybridized carbons (Fsp3) is 0.357. The molecule has 2 amide bonds. The largest absolute Gasteiger partial charge is 0.456 e. The maximum absolute atomic E-state index is 12.6. The minimum atomic E-state index is -0.770. The number of nitrogen functional groups attached to an aromatic ring is 1. The second kappa shape index (κ2) is 6.29. The van der Waals surface area contributed by atoms with Gasteiger partial charge in [-0.2, -0.15) is 0 Å². The normalized spacial score (nSPS) is 24.7. The quantitative estimate of drug-likeness (QED) is 0.295. The topological polar surface area (TPSA) is 136 Å². The molecule has 4 heterocycles. The maximum atomic E-state index is 12.6. The van der Waals surface area contributed by atoms with Gasteiger partial charge < -0.3 is 20.6 Å². The van der Waals surface area contributed by atoms with E-state index in [1.165, 1.54) is 23.8 Å². The number of esters is 1. The van der Waals surface area contributed by atoms with Gasteiger partial charge in [0.15, 0.2) is 10.8 Å². The van der Waals surface area contributed by atoms with Crippen molar-refractivity contribution in [3.63, 3.8) is 0 Å². The maximum Gasteiger partial charge on any atom is 0.355 e. The zero-order valence-electron chi connectivity index (χ0n) is 13.4. The van der Waals surface area contributed by atoms with Gasteiger partial charge in [-0.25, -0.2) is 9.78 Å². The monoisotopic (exact) mass is 395 g/mol. The van der Waals surface area contributed by atoms with E-state index in [0.717, 1.165) is 16.9 Å². The number of ether oxygens (including phenoxy) is 1. The molecule has 0 spiro atoms. The Morgan fingerprint density at radius 2 is 2.35 bits per heavy atom. The van der Waals surface area contributed by atoms with Crippen LogP contribution in [0.3, 0.4) is 0 Å². The summed E-state index contributed by atoms with van der Waals surface area (Å²) in [5.41, 5.74) is 6.88. The van der Waals surface area contributed by atoms with Crippen LogP contribution in [0, 0.1) is 0 Å². The standard InChI is InChI=1S/C14H13N5O5S2/c1-23-18-7(6-4-26-14(15)16-6)10(20)17-8-11(21)19-9-5(2-24-13(9)22)3-25-12(8)19/h4,8,12H,2-3H2,1H3,(H2,15,16)(H,17,20)/b18-7-/t8-,12+/m1/s1. The highest BCUT2D eigenvalue weighted by molar-refractivity contribution is 8.00. The van der Waals surface area contributed by atoms with E-state index in [0.29, 0.717) is 11.4 Å². The summed E-state index contributed by atoms with van der Waals surface area (Å²) < 4.78 is 4.99. The molecule has 26 heavy (non-hydrogen) atoms. The molecule has 0 saturated carbocycles. The van der Waals surface area contributed by atoms with Crippen LogP contribution >= 0.6 is 23.1 Å². The van der Waals surface area contributed by atoms with Gasteiger partial charge in [-0.05, 0) is 0 Å². The average molecular weight is 395 g/mol. The van der Waals surface area contributed by atoms with E-state index < -0.39 is 17.9 Å². The number of carbonyl (C=O) groups excluding carboxylic acids is 3. The van der Waals surface area contributed by atoms with Crippen LogP contribution in [0.5, 0.6) is 0 Å². The number of fused-ring (bicyclic) bond motifs is 2. The SMILES string of the molecule is CO/N=C(\C(=O)N[C@@H]1C(=O)N2C3=C(COC3=O)CS[C@@H]12)c1csc(N)n1. The highest BCUT2D eigenvalue weighted by Gasteiger charge is 2.55. The van der Waals surface area contributed by atoms with Gasteiger partial charge in [-0.3, -0.25) is 14.5 Å². The molecule has 4 rings (SSSR count). The van der Waals surface area contributed by atoms with Gasteiger partial charge in [0.25, 0.3) is 11.8 Å². The molecule has 1 aromatic heterocycles. The summed E-state index contributed by atoms with van der Waals surface area (Å²) in [6.07, 6.45) is 0. The van der Waals surface area contributed by atoms with Crippen LogP contribution in [-0.4, -0.2) is 64.3 Å². The van der Waals surface area contributed by atoms with Crippen molar-refractivity contribution in [2.75, 3.05) is 25.2 Å². The Kier molecular flexibility index (Phi) is 4.07. The summed E-state index contributed by atoms with van der Waals surface area (Å²) in [6.45, 7) is 0.213. The highest BCUT2D eigenvalue weighted by atomic mass is 32.2. The van der Waals surface area contributed by atoms with Crippen molar-refractivity contribution in [1.82, 2.24) is 15.2 Å². The lowest BCUT2D eigenvalue weighted by Gasteiger charge is -2.48. The number of oxime groups is 1. The van der Waals surface area contributed by atoms with Crippen LogP contribution < -0.4 is 11.1 Å². The number of amides is 2. The number of cyclic esters (lactones) is 1. The number of nitrogens with zero attached hydrogens (tertiary/aromatic N) is 3. The number of carbonyl (C=O) groups is 3. The molecule has 2 atom stereocenters. The Morgan fingerprint density at radius 1 is 1.54 bits per heavy atom. The van der Waals surface area contributed by atoms with Gasteiger partial charge in [0.1, 0.15) is 36.5 Å². The van der Waals surface area contributed by atoms with E-state index >= 15 is 0 Å². The number of aromatic nitrogens is 1. The van der Waals surface area contributed by atoms with Crippen molar-refractivity contribution in [3.05, 3.63) is 22.3 Å². The van der Waals surface area contributed by atoms with E-state index in [-0.39, 0.29) is 34.4 Å². The van der Waals surface area contributed by atoms with Crippen molar-refractivity contribution in [2.45, 2.75) is 11.4 Å². The van der Waals surface area contributed by atoms with Gasteiger partial charge in [0.2, 0.25) is 0 Å². The third-order valence-electron chi connectivity index (χ3n) is 4.07. The molecule has 1 saturated heterocycles. The fourth-order valence-corrected chi connectivity index (χ4v) is 4.78. The Morgan fingerprint density at radius 3 is 3.04 bits per heavy atom. The van der Waals surface area contributed by atoms with E-state index in [4.69, 9.17) is 15.3 Å². The van der Waals surface area contributed by atoms with Crippen molar-refractivity contribution in [3.8, 4) is 0 Å². The smallest absolute Gasteiger partial charge is 0.355 e. The van der Waals surface area contributed by atoms with Gasteiger partial charge in [0, 0.05) is 16.7 Å². The third kappa shape index (κ3) is 2.52. The fourth-order valence-electron chi connectivity index (χ4n) is 2.91. The first-order chi connectivity index (χ1) is 12.5. The summed E-state index contributed by atoms with van der Waals surface area (Å²) in [5.74, 6) is -0.896. The molecule has 3 N–H and O–H groups in total. The first-order valence-corrected chi connectivity index (χ1v) is 9.41. The van der Waals surface area contributed by atoms with Crippen molar-refractivity contribution in [1.29, 1.82) is 0 Å². The number of hydrogen-bond acceptors (Lipinski definition) is 10. The van der Waals surface area contributed by atoms with E-state index in [2.05, 4.69) is 15.5 Å². The van der Waals surface area contributed by atoms with Gasteiger partial charge in [-0.15, -0.1) is 23.1 Å². The number of nitrogens with one attached hydrogen (secondary N) is 1. The number of thioether (sulfide) groups is 1. The predicted octanol–water partition coefficient (Wildman–Crippen LogP) is -0.713. The van der Waals surface area contributed by atoms with Crippen LogP contribution in [0.1, 0.15) is 5.69 Å². The summed E-state index contributed by atoms with van der Waals surface area (Å²) in [7, 11) is 1.30. The van der Waals surface area contributed by atoms with E-state index in [1.54, 1.807) is 5.38 Å². The molecular formula is C14H13N5O5S2. The third-order valence-corrected chi connectivity index (χ3v) is 6.08. The summed E-state index contributed by atoms with van der Waals surface area (Å²) >= 11 is 2.62. The number of rotatable bonds is 4. The molecule has 1 aromatic rings. The molecule has 0 aromatic carbocycles. The number of anilines is 1. The summed E-state index contributed by atoms with van der Waals surface area (Å²) in [4.78, 5) is 47.0. The molecule has 3 aliphatic heterocycles. The second-order valence-electron chi connectivity index (χ2n) is 5.58. The second-order valence-corrected chi connectivity index (χ2v) is 7.58. The lowest BCUT2D eigenvalue weighted by molar-refractivity contribution is -0.150. The molecule has 10 nitrogen and oxygen atoms in total.